The Bertz CT molecular complexity index is 641. The summed E-state index contributed by atoms with van der Waals surface area (Å²) in [5.41, 5.74) is 0.669. The van der Waals surface area contributed by atoms with E-state index in [-0.39, 0.29) is 11.3 Å². The minimum absolute atomic E-state index is 0.0746. The van der Waals surface area contributed by atoms with Gasteiger partial charge in [0.05, 0.1) is 5.41 Å². The lowest BCUT2D eigenvalue weighted by Gasteiger charge is -2.16. The zero-order valence-corrected chi connectivity index (χ0v) is 12.8. The number of amides is 1. The van der Waals surface area contributed by atoms with Gasteiger partial charge in [-0.15, -0.1) is 0 Å². The summed E-state index contributed by atoms with van der Waals surface area (Å²) in [5.74, 6) is 0.640. The van der Waals surface area contributed by atoms with Crippen LogP contribution in [0.25, 0.3) is 0 Å². The predicted molar refractivity (Wildman–Crippen MR) is 85.9 cm³/mol. The van der Waals surface area contributed by atoms with Crippen LogP contribution in [-0.2, 0) is 10.2 Å². The molecular formula is C16H17ClN4O. The fourth-order valence-corrected chi connectivity index (χ4v) is 2.58. The fraction of sp³-hybridized carbons (Fsp3) is 0.312. The first-order valence-corrected chi connectivity index (χ1v) is 7.64. The largest absolute Gasteiger partial charge is 0.354 e. The molecule has 5 nitrogen and oxygen atoms in total. The SMILES string of the molecule is O=C(NCCNc1ncccn1)C1(c2ccc(Cl)cc2)CC1. The van der Waals surface area contributed by atoms with E-state index in [0.717, 1.165) is 18.4 Å². The molecular weight excluding hydrogens is 300 g/mol. The molecule has 1 fully saturated rings. The van der Waals surface area contributed by atoms with Crippen molar-refractivity contribution >= 4 is 23.5 Å². The van der Waals surface area contributed by atoms with E-state index >= 15 is 0 Å². The molecule has 22 heavy (non-hydrogen) atoms. The number of rotatable bonds is 6. The lowest BCUT2D eigenvalue weighted by molar-refractivity contribution is -0.123. The van der Waals surface area contributed by atoms with Crippen LogP contribution in [0.5, 0.6) is 0 Å². The highest BCUT2D eigenvalue weighted by Gasteiger charge is 2.50. The third-order valence-corrected chi connectivity index (χ3v) is 4.09. The van der Waals surface area contributed by atoms with Gasteiger partial charge in [-0.25, -0.2) is 9.97 Å². The molecule has 1 aliphatic rings. The Labute approximate surface area is 134 Å². The molecule has 0 aliphatic heterocycles. The minimum atomic E-state index is -0.367. The number of carbonyl (C=O) groups excluding carboxylic acids is 1. The van der Waals surface area contributed by atoms with Gasteiger partial charge in [0.2, 0.25) is 11.9 Å². The maximum atomic E-state index is 12.4. The van der Waals surface area contributed by atoms with E-state index in [2.05, 4.69) is 20.6 Å². The Kier molecular flexibility index (Phi) is 4.24. The Morgan fingerprint density at radius 1 is 1.14 bits per heavy atom. The van der Waals surface area contributed by atoms with Gasteiger partial charge < -0.3 is 10.6 Å². The lowest BCUT2D eigenvalue weighted by Crippen LogP contribution is -2.37. The molecule has 1 amide bonds. The second kappa shape index (κ2) is 6.32. The van der Waals surface area contributed by atoms with Crippen molar-refractivity contribution in [2.45, 2.75) is 18.3 Å². The summed E-state index contributed by atoms with van der Waals surface area (Å²) in [5, 5.41) is 6.73. The van der Waals surface area contributed by atoms with Crippen LogP contribution < -0.4 is 10.6 Å². The van der Waals surface area contributed by atoms with E-state index in [1.165, 1.54) is 0 Å². The first-order valence-electron chi connectivity index (χ1n) is 7.26. The van der Waals surface area contributed by atoms with Crippen molar-refractivity contribution in [1.82, 2.24) is 15.3 Å². The molecule has 2 aromatic rings. The van der Waals surface area contributed by atoms with Crippen LogP contribution >= 0.6 is 11.6 Å². The highest BCUT2D eigenvalue weighted by Crippen LogP contribution is 2.48. The number of anilines is 1. The monoisotopic (exact) mass is 316 g/mol. The molecule has 1 aromatic carbocycles. The number of halogens is 1. The first kappa shape index (κ1) is 14.8. The predicted octanol–water partition coefficient (Wildman–Crippen LogP) is 2.39. The van der Waals surface area contributed by atoms with Crippen molar-refractivity contribution in [3.8, 4) is 0 Å². The van der Waals surface area contributed by atoms with Gasteiger partial charge in [0.15, 0.2) is 0 Å². The van der Waals surface area contributed by atoms with Crippen molar-refractivity contribution in [2.24, 2.45) is 0 Å². The number of carbonyl (C=O) groups is 1. The molecule has 0 spiro atoms. The maximum Gasteiger partial charge on any atom is 0.230 e. The second-order valence-corrected chi connectivity index (χ2v) is 5.78. The normalized spacial score (nSPS) is 15.1. The van der Waals surface area contributed by atoms with Crippen LogP contribution in [0.3, 0.4) is 0 Å². The van der Waals surface area contributed by atoms with E-state index in [1.54, 1.807) is 18.5 Å². The summed E-state index contributed by atoms with van der Waals surface area (Å²) in [7, 11) is 0. The summed E-state index contributed by atoms with van der Waals surface area (Å²) in [4.78, 5) is 20.6. The molecule has 114 valence electrons. The van der Waals surface area contributed by atoms with E-state index in [1.807, 2.05) is 24.3 Å². The molecule has 1 heterocycles. The number of nitrogens with one attached hydrogen (secondary N) is 2. The Morgan fingerprint density at radius 3 is 2.45 bits per heavy atom. The van der Waals surface area contributed by atoms with E-state index in [0.29, 0.717) is 24.1 Å². The molecule has 3 rings (SSSR count). The quantitative estimate of drug-likeness (QED) is 0.803. The molecule has 1 aromatic heterocycles. The molecule has 2 N–H and O–H groups in total. The van der Waals surface area contributed by atoms with E-state index in [4.69, 9.17) is 11.6 Å². The van der Waals surface area contributed by atoms with Crippen molar-refractivity contribution < 1.29 is 4.79 Å². The van der Waals surface area contributed by atoms with Crippen LogP contribution in [-0.4, -0.2) is 29.0 Å². The summed E-state index contributed by atoms with van der Waals surface area (Å²) in [6, 6.07) is 9.29. The lowest BCUT2D eigenvalue weighted by atomic mass is 9.95. The molecule has 0 atom stereocenters. The van der Waals surface area contributed by atoms with Crippen LogP contribution in [0.1, 0.15) is 18.4 Å². The van der Waals surface area contributed by atoms with Crippen molar-refractivity contribution in [3.63, 3.8) is 0 Å². The van der Waals surface area contributed by atoms with Crippen LogP contribution in [0, 0.1) is 0 Å². The third kappa shape index (κ3) is 3.20. The average Bonchev–Trinajstić information content (AvgIpc) is 3.35. The zero-order chi connectivity index (χ0) is 15.4. The van der Waals surface area contributed by atoms with E-state index in [9.17, 15) is 4.79 Å². The number of nitrogens with zero attached hydrogens (tertiary/aromatic N) is 2. The molecule has 0 bridgehead atoms. The first-order chi connectivity index (χ1) is 10.7. The zero-order valence-electron chi connectivity index (χ0n) is 12.1. The Balaban J connectivity index is 1.51. The number of aromatic nitrogens is 2. The topological polar surface area (TPSA) is 66.9 Å². The summed E-state index contributed by atoms with van der Waals surface area (Å²) >= 11 is 5.90. The van der Waals surface area contributed by atoms with Gasteiger partial charge in [-0.2, -0.15) is 0 Å². The van der Waals surface area contributed by atoms with Gasteiger partial charge in [-0.3, -0.25) is 4.79 Å². The molecule has 0 saturated heterocycles. The molecule has 1 aliphatic carbocycles. The molecule has 0 radical (unpaired) electrons. The fourth-order valence-electron chi connectivity index (χ4n) is 2.45. The second-order valence-electron chi connectivity index (χ2n) is 5.34. The van der Waals surface area contributed by atoms with Gasteiger partial charge in [0.25, 0.3) is 0 Å². The number of benzene rings is 1. The summed E-state index contributed by atoms with van der Waals surface area (Å²) in [6.07, 6.45) is 5.12. The number of hydrogen-bond acceptors (Lipinski definition) is 4. The minimum Gasteiger partial charge on any atom is -0.354 e. The van der Waals surface area contributed by atoms with Crippen LogP contribution in [0.2, 0.25) is 5.02 Å². The average molecular weight is 317 g/mol. The molecule has 1 saturated carbocycles. The van der Waals surface area contributed by atoms with Crippen LogP contribution in [0.15, 0.2) is 42.7 Å². The van der Waals surface area contributed by atoms with Gasteiger partial charge in [-0.1, -0.05) is 23.7 Å². The molecule has 6 heteroatoms. The summed E-state index contributed by atoms with van der Waals surface area (Å²) < 4.78 is 0. The van der Waals surface area contributed by atoms with Gasteiger partial charge in [-0.05, 0) is 36.6 Å². The highest BCUT2D eigenvalue weighted by molar-refractivity contribution is 6.30. The van der Waals surface area contributed by atoms with Crippen molar-refractivity contribution in [3.05, 3.63) is 53.3 Å². The van der Waals surface area contributed by atoms with Gasteiger partial charge >= 0.3 is 0 Å². The number of hydrogen-bond donors (Lipinski definition) is 2. The highest BCUT2D eigenvalue weighted by atomic mass is 35.5. The summed E-state index contributed by atoms with van der Waals surface area (Å²) in [6.45, 7) is 1.12. The van der Waals surface area contributed by atoms with Gasteiger partial charge in [0, 0.05) is 30.5 Å². The van der Waals surface area contributed by atoms with Crippen molar-refractivity contribution in [2.75, 3.05) is 18.4 Å². The van der Waals surface area contributed by atoms with Crippen molar-refractivity contribution in [1.29, 1.82) is 0 Å². The maximum absolute atomic E-state index is 12.4. The Morgan fingerprint density at radius 2 is 1.82 bits per heavy atom. The standard InChI is InChI=1S/C16H17ClN4O/c17-13-4-2-12(3-5-13)16(6-7-16)14(22)18-10-11-21-15-19-8-1-9-20-15/h1-5,8-9H,6-7,10-11H2,(H,18,22)(H,19,20,21). The Hall–Kier alpha value is -2.14. The van der Waals surface area contributed by atoms with E-state index < -0.39 is 0 Å². The molecule has 0 unspecified atom stereocenters. The third-order valence-electron chi connectivity index (χ3n) is 3.84. The van der Waals surface area contributed by atoms with Gasteiger partial charge in [0.1, 0.15) is 0 Å². The van der Waals surface area contributed by atoms with Crippen LogP contribution in [0.4, 0.5) is 5.95 Å². The smallest absolute Gasteiger partial charge is 0.230 e.